The Balaban J connectivity index is 1.82. The van der Waals surface area contributed by atoms with Gasteiger partial charge in [0.05, 0.1) is 11.1 Å². The maximum atomic E-state index is 12.8. The Morgan fingerprint density at radius 3 is 2.50 bits per heavy atom. The van der Waals surface area contributed by atoms with Crippen molar-refractivity contribution in [1.29, 1.82) is 0 Å². The highest BCUT2D eigenvalue weighted by molar-refractivity contribution is 7.89. The van der Waals surface area contributed by atoms with Crippen LogP contribution in [0.1, 0.15) is 24.3 Å². The van der Waals surface area contributed by atoms with Crippen LogP contribution in [0.25, 0.3) is 0 Å². The van der Waals surface area contributed by atoms with Gasteiger partial charge in [0.2, 0.25) is 10.0 Å². The average molecular weight is 349 g/mol. The van der Waals surface area contributed by atoms with Gasteiger partial charge in [-0.1, -0.05) is 23.4 Å². The number of rotatable bonds is 3. The van der Waals surface area contributed by atoms with E-state index in [-0.39, 0.29) is 29.4 Å². The van der Waals surface area contributed by atoms with Crippen LogP contribution in [0.15, 0.2) is 41.4 Å². The zero-order valence-corrected chi connectivity index (χ0v) is 14.3. The lowest BCUT2D eigenvalue weighted by molar-refractivity contribution is 0.0501. The van der Waals surface area contributed by atoms with E-state index in [0.29, 0.717) is 12.2 Å². The molecule has 0 radical (unpaired) electrons. The minimum atomic E-state index is -3.58. The van der Waals surface area contributed by atoms with Gasteiger partial charge in [0, 0.05) is 25.2 Å². The number of aromatic amines is 1. The number of hydrogen-bond acceptors (Lipinski definition) is 5. The van der Waals surface area contributed by atoms with E-state index in [1.54, 1.807) is 42.2 Å². The summed E-state index contributed by atoms with van der Waals surface area (Å²) in [7, 11) is -3.58. The summed E-state index contributed by atoms with van der Waals surface area (Å²) in [6, 6.07) is 7.76. The fraction of sp³-hybridized carbons (Fsp3) is 0.400. The molecule has 0 unspecified atom stereocenters. The lowest BCUT2D eigenvalue weighted by atomic mass is 10.1. The highest BCUT2D eigenvalue weighted by atomic mass is 32.2. The molecule has 1 aromatic carbocycles. The molecule has 1 aliphatic heterocycles. The van der Waals surface area contributed by atoms with Gasteiger partial charge in [-0.15, -0.1) is 5.10 Å². The summed E-state index contributed by atoms with van der Waals surface area (Å²) >= 11 is 0. The number of H-pyrrole nitrogens is 1. The zero-order chi connectivity index (χ0) is 17.3. The standard InChI is InChI=1S/C15H19N5O3S/c1-11-10-20(24(22,23)13-6-4-3-5-7-13)12(2)9-19(11)15(21)14-8-16-18-17-14/h3-8,11-12H,9-10H2,1-2H3,(H,16,17,18)/t11-,12+/m0/s1. The maximum Gasteiger partial charge on any atom is 0.273 e. The first-order chi connectivity index (χ1) is 11.4. The van der Waals surface area contributed by atoms with E-state index in [1.807, 2.05) is 6.92 Å². The molecule has 1 saturated heterocycles. The van der Waals surface area contributed by atoms with Gasteiger partial charge in [-0.25, -0.2) is 8.42 Å². The van der Waals surface area contributed by atoms with Gasteiger partial charge >= 0.3 is 0 Å². The number of nitrogens with zero attached hydrogens (tertiary/aromatic N) is 4. The molecule has 2 heterocycles. The topological polar surface area (TPSA) is 99.3 Å². The number of aromatic nitrogens is 3. The molecule has 0 aliphatic carbocycles. The van der Waals surface area contributed by atoms with Crippen molar-refractivity contribution in [1.82, 2.24) is 24.6 Å². The number of sulfonamides is 1. The second-order valence-electron chi connectivity index (χ2n) is 5.91. The first-order valence-corrected chi connectivity index (χ1v) is 9.09. The maximum absolute atomic E-state index is 12.8. The summed E-state index contributed by atoms with van der Waals surface area (Å²) in [5, 5.41) is 9.72. The van der Waals surface area contributed by atoms with Gasteiger partial charge in [0.1, 0.15) is 5.69 Å². The Morgan fingerprint density at radius 2 is 1.88 bits per heavy atom. The number of piperazine rings is 1. The average Bonchev–Trinajstić information content (AvgIpc) is 3.11. The third-order valence-electron chi connectivity index (χ3n) is 4.18. The highest BCUT2D eigenvalue weighted by Crippen LogP contribution is 2.24. The van der Waals surface area contributed by atoms with Crippen molar-refractivity contribution in [2.45, 2.75) is 30.8 Å². The van der Waals surface area contributed by atoms with Gasteiger partial charge in [-0.05, 0) is 26.0 Å². The second kappa shape index (κ2) is 6.33. The summed E-state index contributed by atoms with van der Waals surface area (Å²) in [6.07, 6.45) is 1.37. The Kier molecular flexibility index (Phi) is 4.37. The minimum Gasteiger partial charge on any atom is -0.332 e. The van der Waals surface area contributed by atoms with E-state index in [0.717, 1.165) is 0 Å². The van der Waals surface area contributed by atoms with Crippen molar-refractivity contribution < 1.29 is 13.2 Å². The van der Waals surface area contributed by atoms with E-state index >= 15 is 0 Å². The van der Waals surface area contributed by atoms with E-state index in [9.17, 15) is 13.2 Å². The van der Waals surface area contributed by atoms with Crippen LogP contribution in [0.3, 0.4) is 0 Å². The van der Waals surface area contributed by atoms with Crippen LogP contribution in [-0.2, 0) is 10.0 Å². The van der Waals surface area contributed by atoms with E-state index < -0.39 is 10.0 Å². The van der Waals surface area contributed by atoms with Crippen LogP contribution >= 0.6 is 0 Å². The van der Waals surface area contributed by atoms with Crippen molar-refractivity contribution in [3.05, 3.63) is 42.2 Å². The SMILES string of the molecule is C[C@@H]1CN(C(=O)c2cnn[nH]2)[C@@H](C)CN1S(=O)(=O)c1ccccc1. The number of hydrogen-bond donors (Lipinski definition) is 1. The third-order valence-corrected chi connectivity index (χ3v) is 6.18. The summed E-state index contributed by atoms with van der Waals surface area (Å²) in [5.41, 5.74) is 0.299. The molecule has 0 spiro atoms. The molecule has 24 heavy (non-hydrogen) atoms. The van der Waals surface area contributed by atoms with Crippen LogP contribution in [0.4, 0.5) is 0 Å². The van der Waals surface area contributed by atoms with Crippen LogP contribution in [0, 0.1) is 0 Å². The van der Waals surface area contributed by atoms with Gasteiger partial charge in [0.15, 0.2) is 0 Å². The predicted molar refractivity (Wildman–Crippen MR) is 86.7 cm³/mol. The molecule has 2 atom stereocenters. The number of carbonyl (C=O) groups excluding carboxylic acids is 1. The van der Waals surface area contributed by atoms with Crippen molar-refractivity contribution in [2.24, 2.45) is 0 Å². The molecule has 2 aromatic rings. The predicted octanol–water partition coefficient (Wildman–Crippen LogP) is 0.728. The molecule has 0 bridgehead atoms. The van der Waals surface area contributed by atoms with Crippen LogP contribution in [0.5, 0.6) is 0 Å². The van der Waals surface area contributed by atoms with Gasteiger partial charge in [-0.2, -0.15) is 4.31 Å². The highest BCUT2D eigenvalue weighted by Gasteiger charge is 2.39. The van der Waals surface area contributed by atoms with Gasteiger partial charge in [0.25, 0.3) is 5.91 Å². The number of benzene rings is 1. The van der Waals surface area contributed by atoms with Gasteiger partial charge < -0.3 is 4.90 Å². The number of nitrogens with one attached hydrogen (secondary N) is 1. The minimum absolute atomic E-state index is 0.226. The van der Waals surface area contributed by atoms with Crippen molar-refractivity contribution in [2.75, 3.05) is 13.1 Å². The molecule has 128 valence electrons. The molecule has 0 saturated carbocycles. The molecule has 1 N–H and O–H groups in total. The molecular formula is C15H19N5O3S. The molecule has 8 nitrogen and oxygen atoms in total. The molecule has 1 aromatic heterocycles. The summed E-state index contributed by atoms with van der Waals surface area (Å²) in [4.78, 5) is 14.4. The molecule has 1 fully saturated rings. The summed E-state index contributed by atoms with van der Waals surface area (Å²) < 4.78 is 27.1. The normalized spacial score (nSPS) is 22.5. The van der Waals surface area contributed by atoms with E-state index in [1.165, 1.54) is 10.5 Å². The van der Waals surface area contributed by atoms with Crippen molar-refractivity contribution in [3.63, 3.8) is 0 Å². The van der Waals surface area contributed by atoms with E-state index in [2.05, 4.69) is 15.4 Å². The lowest BCUT2D eigenvalue weighted by Gasteiger charge is -2.43. The lowest BCUT2D eigenvalue weighted by Crippen LogP contribution is -2.59. The van der Waals surface area contributed by atoms with Crippen LogP contribution in [-0.4, -0.2) is 64.1 Å². The fourth-order valence-corrected chi connectivity index (χ4v) is 4.62. The molecular weight excluding hydrogens is 330 g/mol. The fourth-order valence-electron chi connectivity index (χ4n) is 2.90. The first-order valence-electron chi connectivity index (χ1n) is 7.65. The third kappa shape index (κ3) is 2.92. The zero-order valence-electron chi connectivity index (χ0n) is 13.5. The first kappa shape index (κ1) is 16.6. The van der Waals surface area contributed by atoms with Crippen molar-refractivity contribution in [3.8, 4) is 0 Å². The summed E-state index contributed by atoms with van der Waals surface area (Å²) in [6.45, 7) is 4.19. The second-order valence-corrected chi connectivity index (χ2v) is 7.80. The summed E-state index contributed by atoms with van der Waals surface area (Å²) in [5.74, 6) is -0.226. The molecule has 1 aliphatic rings. The quantitative estimate of drug-likeness (QED) is 0.880. The van der Waals surface area contributed by atoms with Gasteiger partial charge in [-0.3, -0.25) is 9.89 Å². The Morgan fingerprint density at radius 1 is 1.17 bits per heavy atom. The molecule has 9 heteroatoms. The van der Waals surface area contributed by atoms with Crippen molar-refractivity contribution >= 4 is 15.9 Å². The van der Waals surface area contributed by atoms with Crippen LogP contribution < -0.4 is 0 Å². The van der Waals surface area contributed by atoms with E-state index in [4.69, 9.17) is 0 Å². The smallest absolute Gasteiger partial charge is 0.273 e. The number of carbonyl (C=O) groups is 1. The largest absolute Gasteiger partial charge is 0.332 e. The van der Waals surface area contributed by atoms with Crippen LogP contribution in [0.2, 0.25) is 0 Å². The monoisotopic (exact) mass is 349 g/mol. The Bertz CT molecular complexity index is 807. The number of amides is 1. The Hall–Kier alpha value is -2.26. The molecule has 3 rings (SSSR count). The Labute approximate surface area is 140 Å². The molecule has 1 amide bonds.